The van der Waals surface area contributed by atoms with E-state index in [-0.39, 0.29) is 0 Å². The molecule has 0 N–H and O–H groups in total. The second-order valence-electron chi connectivity index (χ2n) is 12.7. The van der Waals surface area contributed by atoms with Crippen LogP contribution in [0.15, 0.2) is 156 Å². The minimum atomic E-state index is 0.582. The lowest BCUT2D eigenvalue weighted by Gasteiger charge is -2.09. The van der Waals surface area contributed by atoms with Crippen LogP contribution in [-0.4, -0.2) is 15.0 Å². The monoisotopic (exact) mass is 687 g/mol. The molecule has 4 heterocycles. The van der Waals surface area contributed by atoms with E-state index in [2.05, 4.69) is 97.1 Å². The molecule has 238 valence electrons. The van der Waals surface area contributed by atoms with E-state index >= 15 is 0 Å². The van der Waals surface area contributed by atoms with Crippen LogP contribution in [0, 0.1) is 0 Å². The third-order valence-corrected chi connectivity index (χ3v) is 12.3. The maximum absolute atomic E-state index is 6.45. The lowest BCUT2D eigenvalue weighted by Crippen LogP contribution is -2.00. The number of benzene rings is 7. The number of nitrogens with zero attached hydrogens (tertiary/aromatic N) is 3. The Hall–Kier alpha value is -6.21. The van der Waals surface area contributed by atoms with E-state index in [0.29, 0.717) is 17.5 Å². The molecular formula is C45H25N3OS2. The van der Waals surface area contributed by atoms with Crippen LogP contribution >= 0.6 is 22.7 Å². The first-order valence-corrected chi connectivity index (χ1v) is 18.5. The average Bonchev–Trinajstić information content (AvgIpc) is 3.89. The molecule has 11 aromatic rings. The molecule has 0 aliphatic carbocycles. The number of hydrogen-bond acceptors (Lipinski definition) is 6. The standard InChI is InChI=1S/C45H25N3OS2/c1-2-12-26(13-3-1)43-46-44(35-22-8-16-29-27-14-4-6-24-37(27)49-39(29)35)48-45(47-43)36-23-11-21-34-33-20-10-19-32(41(33)51-42(34)36)31-18-9-17-30-28-15-5-7-25-38(28)50-40(30)31/h1-25H. The van der Waals surface area contributed by atoms with Crippen LogP contribution in [0.5, 0.6) is 0 Å². The molecule has 0 aliphatic rings. The van der Waals surface area contributed by atoms with Gasteiger partial charge < -0.3 is 4.42 Å². The molecule has 4 nitrogen and oxygen atoms in total. The van der Waals surface area contributed by atoms with E-state index < -0.39 is 0 Å². The number of hydrogen-bond donors (Lipinski definition) is 0. The van der Waals surface area contributed by atoms with Crippen molar-refractivity contribution in [2.45, 2.75) is 0 Å². The molecule has 0 fully saturated rings. The van der Waals surface area contributed by atoms with Crippen molar-refractivity contribution in [2.75, 3.05) is 0 Å². The Morgan fingerprint density at radius 2 is 0.863 bits per heavy atom. The van der Waals surface area contributed by atoms with Gasteiger partial charge in [-0.05, 0) is 24.3 Å². The summed E-state index contributed by atoms with van der Waals surface area (Å²) >= 11 is 3.68. The maximum Gasteiger partial charge on any atom is 0.167 e. The summed E-state index contributed by atoms with van der Waals surface area (Å²) in [5.74, 6) is 1.84. The van der Waals surface area contributed by atoms with Gasteiger partial charge in [0.25, 0.3) is 0 Å². The Morgan fingerprint density at radius 3 is 1.63 bits per heavy atom. The highest BCUT2D eigenvalue weighted by molar-refractivity contribution is 7.27. The highest BCUT2D eigenvalue weighted by Crippen LogP contribution is 2.47. The van der Waals surface area contributed by atoms with Gasteiger partial charge in [-0.25, -0.2) is 15.0 Å². The van der Waals surface area contributed by atoms with Gasteiger partial charge in [-0.1, -0.05) is 127 Å². The van der Waals surface area contributed by atoms with Gasteiger partial charge in [-0.3, -0.25) is 0 Å². The first-order chi connectivity index (χ1) is 25.3. The summed E-state index contributed by atoms with van der Waals surface area (Å²) in [5, 5.41) is 7.15. The van der Waals surface area contributed by atoms with Gasteiger partial charge in [0.15, 0.2) is 17.5 Å². The maximum atomic E-state index is 6.45. The Bertz CT molecular complexity index is 3160. The molecular weight excluding hydrogens is 663 g/mol. The molecule has 0 saturated heterocycles. The van der Waals surface area contributed by atoms with Crippen LogP contribution in [-0.2, 0) is 0 Å². The third kappa shape index (κ3) is 4.40. The van der Waals surface area contributed by atoms with Gasteiger partial charge in [0, 0.05) is 73.4 Å². The van der Waals surface area contributed by atoms with E-state index in [1.54, 1.807) is 0 Å². The lowest BCUT2D eigenvalue weighted by atomic mass is 10.00. The summed E-state index contributed by atoms with van der Waals surface area (Å²) in [6, 6.07) is 53.0. The zero-order valence-corrected chi connectivity index (χ0v) is 28.6. The molecule has 0 amide bonds. The summed E-state index contributed by atoms with van der Waals surface area (Å²) in [6.45, 7) is 0. The largest absolute Gasteiger partial charge is 0.455 e. The number of fused-ring (bicyclic) bond motifs is 9. The average molecular weight is 688 g/mol. The lowest BCUT2D eigenvalue weighted by molar-refractivity contribution is 0.669. The van der Waals surface area contributed by atoms with Gasteiger partial charge >= 0.3 is 0 Å². The van der Waals surface area contributed by atoms with Crippen molar-refractivity contribution >= 4 is 85.0 Å². The summed E-state index contributed by atoms with van der Waals surface area (Å²) in [5.41, 5.74) is 6.88. The number of furan rings is 1. The molecule has 11 rings (SSSR count). The number of aromatic nitrogens is 3. The fourth-order valence-corrected chi connectivity index (χ4v) is 9.99. The van der Waals surface area contributed by atoms with Crippen LogP contribution < -0.4 is 0 Å². The van der Waals surface area contributed by atoms with Crippen LogP contribution in [0.1, 0.15) is 0 Å². The molecule has 7 aromatic carbocycles. The molecule has 0 radical (unpaired) electrons. The Kier molecular flexibility index (Phi) is 6.26. The molecule has 0 bridgehead atoms. The zero-order valence-electron chi connectivity index (χ0n) is 27.0. The summed E-state index contributed by atoms with van der Waals surface area (Å²) in [6.07, 6.45) is 0. The molecule has 0 saturated carbocycles. The van der Waals surface area contributed by atoms with Crippen molar-refractivity contribution in [3.05, 3.63) is 152 Å². The van der Waals surface area contributed by atoms with Crippen molar-refractivity contribution in [3.8, 4) is 45.3 Å². The first kappa shape index (κ1) is 28.6. The smallest absolute Gasteiger partial charge is 0.167 e. The molecule has 0 aliphatic heterocycles. The van der Waals surface area contributed by atoms with Crippen molar-refractivity contribution < 1.29 is 4.42 Å². The fraction of sp³-hybridized carbons (Fsp3) is 0. The quantitative estimate of drug-likeness (QED) is 0.185. The van der Waals surface area contributed by atoms with E-state index in [9.17, 15) is 0 Å². The minimum Gasteiger partial charge on any atom is -0.455 e. The van der Waals surface area contributed by atoms with Gasteiger partial charge in [0.05, 0.1) is 5.56 Å². The van der Waals surface area contributed by atoms with Gasteiger partial charge in [-0.2, -0.15) is 0 Å². The Balaban J connectivity index is 1.15. The third-order valence-electron chi connectivity index (χ3n) is 9.77. The molecule has 4 aromatic heterocycles. The fourth-order valence-electron chi connectivity index (χ4n) is 7.42. The molecule has 51 heavy (non-hydrogen) atoms. The van der Waals surface area contributed by atoms with Crippen molar-refractivity contribution in [1.82, 2.24) is 15.0 Å². The van der Waals surface area contributed by atoms with E-state index in [4.69, 9.17) is 19.4 Å². The number of para-hydroxylation sites is 2. The predicted molar refractivity (Wildman–Crippen MR) is 215 cm³/mol. The van der Waals surface area contributed by atoms with Crippen LogP contribution in [0.3, 0.4) is 0 Å². The Morgan fingerprint density at radius 1 is 0.353 bits per heavy atom. The normalized spacial score (nSPS) is 11.9. The Labute approximate surface area is 299 Å². The highest BCUT2D eigenvalue weighted by atomic mass is 32.1. The molecule has 6 heteroatoms. The van der Waals surface area contributed by atoms with Crippen molar-refractivity contribution in [2.24, 2.45) is 0 Å². The number of thiophene rings is 2. The van der Waals surface area contributed by atoms with Gasteiger partial charge in [0.1, 0.15) is 11.2 Å². The SMILES string of the molecule is c1ccc(-c2nc(-c3cccc4c3oc3ccccc34)nc(-c3cccc4c3sc3c(-c5cccc6c5sc5ccccc56)cccc34)n2)cc1. The van der Waals surface area contributed by atoms with Gasteiger partial charge in [-0.15, -0.1) is 22.7 Å². The molecule has 0 atom stereocenters. The van der Waals surface area contributed by atoms with E-state index in [1.807, 2.05) is 77.3 Å². The van der Waals surface area contributed by atoms with E-state index in [1.165, 1.54) is 46.8 Å². The summed E-state index contributed by atoms with van der Waals surface area (Å²) in [7, 11) is 0. The zero-order chi connectivity index (χ0) is 33.5. The van der Waals surface area contributed by atoms with Crippen molar-refractivity contribution in [1.29, 1.82) is 0 Å². The second kappa shape index (κ2) is 11.2. The second-order valence-corrected chi connectivity index (χ2v) is 14.8. The minimum absolute atomic E-state index is 0.582. The van der Waals surface area contributed by atoms with Crippen LogP contribution in [0.25, 0.3) is 108 Å². The predicted octanol–water partition coefficient (Wildman–Crippen LogP) is 13.2. The summed E-state index contributed by atoms with van der Waals surface area (Å²) in [4.78, 5) is 15.4. The molecule has 0 unspecified atom stereocenters. The summed E-state index contributed by atoms with van der Waals surface area (Å²) < 4.78 is 11.5. The first-order valence-electron chi connectivity index (χ1n) is 16.9. The topological polar surface area (TPSA) is 51.8 Å². The van der Waals surface area contributed by atoms with Crippen molar-refractivity contribution in [3.63, 3.8) is 0 Å². The molecule has 0 spiro atoms. The van der Waals surface area contributed by atoms with Crippen LogP contribution in [0.2, 0.25) is 0 Å². The highest BCUT2D eigenvalue weighted by Gasteiger charge is 2.21. The van der Waals surface area contributed by atoms with Crippen LogP contribution in [0.4, 0.5) is 0 Å². The van der Waals surface area contributed by atoms with Gasteiger partial charge in [0.2, 0.25) is 0 Å². The number of rotatable bonds is 4. The van der Waals surface area contributed by atoms with E-state index in [0.717, 1.165) is 43.3 Å².